The fraction of sp³-hybridized carbons (Fsp3) is 0.667. The standard InChI is InChI=1S/C24H40N6O/c1-25-23(31)19-30-15-11-22(12-16-30)28-24(26-2)27-17-20-9-5-6-10-21(20)18-29-13-7-3-4-8-14-29/h5-6,9-10,22H,3-4,7-8,11-19H2,1-2H3,(H,25,31)(H2,26,27,28). The van der Waals surface area contributed by atoms with Gasteiger partial charge in [0, 0.05) is 46.3 Å². The summed E-state index contributed by atoms with van der Waals surface area (Å²) < 4.78 is 0. The molecule has 2 fully saturated rings. The number of carbonyl (C=O) groups excluding carboxylic acids is 1. The molecule has 2 aliphatic rings. The summed E-state index contributed by atoms with van der Waals surface area (Å²) in [5.41, 5.74) is 2.75. The maximum atomic E-state index is 11.6. The Balaban J connectivity index is 1.47. The number of carbonyl (C=O) groups is 1. The zero-order chi connectivity index (χ0) is 21.9. The lowest BCUT2D eigenvalue weighted by Gasteiger charge is -2.32. The topological polar surface area (TPSA) is 72.0 Å². The highest BCUT2D eigenvalue weighted by Crippen LogP contribution is 2.16. The lowest BCUT2D eigenvalue weighted by Crippen LogP contribution is -2.49. The summed E-state index contributed by atoms with van der Waals surface area (Å²) in [6.45, 7) is 6.59. The highest BCUT2D eigenvalue weighted by Gasteiger charge is 2.21. The molecule has 0 bridgehead atoms. The molecular weight excluding hydrogens is 388 g/mol. The van der Waals surface area contributed by atoms with Crippen molar-refractivity contribution in [1.29, 1.82) is 0 Å². The Morgan fingerprint density at radius 1 is 1.00 bits per heavy atom. The quantitative estimate of drug-likeness (QED) is 0.457. The van der Waals surface area contributed by atoms with Gasteiger partial charge in [-0.2, -0.15) is 0 Å². The van der Waals surface area contributed by atoms with Gasteiger partial charge in [0.15, 0.2) is 5.96 Å². The minimum absolute atomic E-state index is 0.0859. The fourth-order valence-electron chi connectivity index (χ4n) is 4.50. The largest absolute Gasteiger partial charge is 0.358 e. The molecule has 0 radical (unpaired) electrons. The Morgan fingerprint density at radius 2 is 1.68 bits per heavy atom. The number of likely N-dealkylation sites (N-methyl/N-ethyl adjacent to an activating group) is 1. The second kappa shape index (κ2) is 12.7. The van der Waals surface area contributed by atoms with E-state index in [-0.39, 0.29) is 5.91 Å². The lowest BCUT2D eigenvalue weighted by atomic mass is 10.1. The first-order chi connectivity index (χ1) is 15.2. The molecular formula is C24H40N6O. The van der Waals surface area contributed by atoms with Crippen LogP contribution in [-0.2, 0) is 17.9 Å². The molecule has 172 valence electrons. The summed E-state index contributed by atoms with van der Waals surface area (Å²) >= 11 is 0. The van der Waals surface area contributed by atoms with Crippen LogP contribution in [0.1, 0.15) is 49.7 Å². The van der Waals surface area contributed by atoms with Gasteiger partial charge in [-0.1, -0.05) is 37.1 Å². The highest BCUT2D eigenvalue weighted by molar-refractivity contribution is 5.80. The van der Waals surface area contributed by atoms with Crippen LogP contribution >= 0.6 is 0 Å². The van der Waals surface area contributed by atoms with Gasteiger partial charge in [0.1, 0.15) is 0 Å². The molecule has 3 rings (SSSR count). The molecule has 2 aliphatic heterocycles. The number of piperidine rings is 1. The molecule has 31 heavy (non-hydrogen) atoms. The third-order valence-corrected chi connectivity index (χ3v) is 6.46. The number of aliphatic imine (C=N–C) groups is 1. The van der Waals surface area contributed by atoms with Crippen LogP contribution in [0.15, 0.2) is 29.3 Å². The van der Waals surface area contributed by atoms with E-state index in [0.717, 1.165) is 45.0 Å². The van der Waals surface area contributed by atoms with E-state index in [1.165, 1.54) is 49.9 Å². The monoisotopic (exact) mass is 428 g/mol. The third kappa shape index (κ3) is 7.82. The third-order valence-electron chi connectivity index (χ3n) is 6.46. The number of hydrogen-bond donors (Lipinski definition) is 3. The predicted octanol–water partition coefficient (Wildman–Crippen LogP) is 1.94. The zero-order valence-electron chi connectivity index (χ0n) is 19.3. The number of nitrogens with zero attached hydrogens (tertiary/aromatic N) is 3. The molecule has 7 heteroatoms. The Kier molecular flexibility index (Phi) is 9.62. The molecule has 7 nitrogen and oxygen atoms in total. The van der Waals surface area contributed by atoms with Crippen LogP contribution in [0, 0.1) is 0 Å². The molecule has 0 saturated carbocycles. The van der Waals surface area contributed by atoms with E-state index in [1.807, 2.05) is 7.05 Å². The van der Waals surface area contributed by atoms with Gasteiger partial charge < -0.3 is 16.0 Å². The van der Waals surface area contributed by atoms with E-state index in [9.17, 15) is 4.79 Å². The number of nitrogens with one attached hydrogen (secondary N) is 3. The molecule has 0 aromatic heterocycles. The minimum Gasteiger partial charge on any atom is -0.358 e. The second-order valence-corrected chi connectivity index (χ2v) is 8.75. The first-order valence-electron chi connectivity index (χ1n) is 11.9. The molecule has 1 aromatic carbocycles. The summed E-state index contributed by atoms with van der Waals surface area (Å²) in [6.07, 6.45) is 7.41. The van der Waals surface area contributed by atoms with Crippen molar-refractivity contribution in [3.8, 4) is 0 Å². The maximum absolute atomic E-state index is 11.6. The van der Waals surface area contributed by atoms with E-state index >= 15 is 0 Å². The minimum atomic E-state index is 0.0859. The van der Waals surface area contributed by atoms with Crippen LogP contribution in [0.5, 0.6) is 0 Å². The summed E-state index contributed by atoms with van der Waals surface area (Å²) in [7, 11) is 3.53. The van der Waals surface area contributed by atoms with Gasteiger partial charge in [0.2, 0.25) is 5.91 Å². The molecule has 3 N–H and O–H groups in total. The fourth-order valence-corrected chi connectivity index (χ4v) is 4.50. The van der Waals surface area contributed by atoms with Crippen molar-refractivity contribution in [3.63, 3.8) is 0 Å². The molecule has 1 amide bonds. The number of hydrogen-bond acceptors (Lipinski definition) is 4. The highest BCUT2D eigenvalue weighted by atomic mass is 16.1. The van der Waals surface area contributed by atoms with E-state index in [2.05, 4.69) is 55.0 Å². The van der Waals surface area contributed by atoms with Crippen molar-refractivity contribution in [2.75, 3.05) is 46.8 Å². The van der Waals surface area contributed by atoms with Gasteiger partial charge in [0.05, 0.1) is 6.54 Å². The maximum Gasteiger partial charge on any atom is 0.233 e. The number of guanidine groups is 1. The molecule has 0 unspecified atom stereocenters. The first kappa shape index (κ1) is 23.5. The van der Waals surface area contributed by atoms with Crippen LogP contribution in [0.25, 0.3) is 0 Å². The number of rotatable bonds is 7. The van der Waals surface area contributed by atoms with Crippen molar-refractivity contribution < 1.29 is 4.79 Å². The molecule has 2 saturated heterocycles. The Morgan fingerprint density at radius 3 is 2.32 bits per heavy atom. The summed E-state index contributed by atoms with van der Waals surface area (Å²) in [6, 6.07) is 9.15. The average molecular weight is 429 g/mol. The van der Waals surface area contributed by atoms with Crippen molar-refractivity contribution in [2.24, 2.45) is 4.99 Å². The van der Waals surface area contributed by atoms with Gasteiger partial charge >= 0.3 is 0 Å². The van der Waals surface area contributed by atoms with Gasteiger partial charge in [-0.25, -0.2) is 0 Å². The molecule has 0 atom stereocenters. The van der Waals surface area contributed by atoms with E-state index < -0.39 is 0 Å². The first-order valence-corrected chi connectivity index (χ1v) is 11.9. The summed E-state index contributed by atoms with van der Waals surface area (Å²) in [5.74, 6) is 0.942. The number of likely N-dealkylation sites (tertiary alicyclic amines) is 2. The van der Waals surface area contributed by atoms with Crippen LogP contribution in [0.3, 0.4) is 0 Å². The Bertz CT molecular complexity index is 706. The predicted molar refractivity (Wildman–Crippen MR) is 127 cm³/mol. The molecule has 1 aromatic rings. The van der Waals surface area contributed by atoms with E-state index in [1.54, 1.807) is 7.05 Å². The van der Waals surface area contributed by atoms with Gasteiger partial charge in [-0.15, -0.1) is 0 Å². The van der Waals surface area contributed by atoms with Gasteiger partial charge in [-0.3, -0.25) is 19.6 Å². The SMILES string of the molecule is CN=C(NCc1ccccc1CN1CCCCCC1)NC1CCN(CC(=O)NC)CC1. The van der Waals surface area contributed by atoms with Crippen molar-refractivity contribution >= 4 is 11.9 Å². The summed E-state index contributed by atoms with van der Waals surface area (Å²) in [5, 5.41) is 9.79. The van der Waals surface area contributed by atoms with Gasteiger partial charge in [0.25, 0.3) is 0 Å². The number of amides is 1. The van der Waals surface area contributed by atoms with Gasteiger partial charge in [-0.05, 0) is 49.9 Å². The van der Waals surface area contributed by atoms with Crippen LogP contribution in [0.4, 0.5) is 0 Å². The summed E-state index contributed by atoms with van der Waals surface area (Å²) in [4.78, 5) is 20.8. The zero-order valence-corrected chi connectivity index (χ0v) is 19.3. The Hall–Kier alpha value is -2.12. The second-order valence-electron chi connectivity index (χ2n) is 8.75. The molecule has 0 aliphatic carbocycles. The van der Waals surface area contributed by atoms with Crippen LogP contribution in [0.2, 0.25) is 0 Å². The average Bonchev–Trinajstić information content (AvgIpc) is 3.07. The number of benzene rings is 1. The van der Waals surface area contributed by atoms with Crippen LogP contribution in [-0.4, -0.2) is 74.5 Å². The molecule has 2 heterocycles. The van der Waals surface area contributed by atoms with Crippen molar-refractivity contribution in [2.45, 2.75) is 57.7 Å². The van der Waals surface area contributed by atoms with E-state index in [4.69, 9.17) is 0 Å². The lowest BCUT2D eigenvalue weighted by molar-refractivity contribution is -0.122. The van der Waals surface area contributed by atoms with Crippen molar-refractivity contribution in [3.05, 3.63) is 35.4 Å². The Labute approximate surface area is 187 Å². The normalized spacial score (nSPS) is 19.6. The van der Waals surface area contributed by atoms with Crippen molar-refractivity contribution in [1.82, 2.24) is 25.8 Å². The molecule has 0 spiro atoms. The van der Waals surface area contributed by atoms with Crippen LogP contribution < -0.4 is 16.0 Å². The van der Waals surface area contributed by atoms with E-state index in [0.29, 0.717) is 12.6 Å². The smallest absolute Gasteiger partial charge is 0.233 e.